The Morgan fingerprint density at radius 3 is 2.66 bits per heavy atom. The van der Waals surface area contributed by atoms with E-state index in [-0.39, 0.29) is 34.5 Å². The van der Waals surface area contributed by atoms with E-state index in [0.29, 0.717) is 12.1 Å². The van der Waals surface area contributed by atoms with Crippen molar-refractivity contribution in [2.75, 3.05) is 16.0 Å². The molecule has 6 heteroatoms. The Kier molecular flexibility index (Phi) is 6.61. The number of thioether (sulfide) groups is 1. The molecule has 1 aliphatic rings. The Balaban J connectivity index is 1.59. The summed E-state index contributed by atoms with van der Waals surface area (Å²) in [6, 6.07) is 21.9. The lowest BCUT2D eigenvalue weighted by atomic mass is 9.95. The van der Waals surface area contributed by atoms with E-state index >= 15 is 0 Å². The van der Waals surface area contributed by atoms with E-state index in [4.69, 9.17) is 0 Å². The fraction of sp³-hybridized carbons (Fsp3) is 0.231. The number of nitrogens with one attached hydrogen (secondary N) is 1. The fourth-order valence-electron chi connectivity index (χ4n) is 4.00. The second-order valence-corrected chi connectivity index (χ2v) is 8.94. The van der Waals surface area contributed by atoms with E-state index in [1.165, 1.54) is 22.7 Å². The average molecular weight is 449 g/mol. The Morgan fingerprint density at radius 2 is 1.91 bits per heavy atom. The molecule has 4 rings (SSSR count). The summed E-state index contributed by atoms with van der Waals surface area (Å²) in [5.74, 6) is -0.600. The van der Waals surface area contributed by atoms with Gasteiger partial charge in [-0.3, -0.25) is 14.5 Å². The molecule has 1 N–H and O–H groups in total. The number of hydrogen-bond acceptors (Lipinski definition) is 3. The number of rotatable bonds is 6. The number of carbonyl (C=O) groups excluding carboxylic acids is 2. The van der Waals surface area contributed by atoms with Crippen LogP contribution in [0.15, 0.2) is 72.8 Å². The number of benzene rings is 3. The van der Waals surface area contributed by atoms with Crippen molar-refractivity contribution in [2.45, 2.75) is 31.6 Å². The third kappa shape index (κ3) is 4.55. The summed E-state index contributed by atoms with van der Waals surface area (Å²) in [4.78, 5) is 27.1. The zero-order valence-electron chi connectivity index (χ0n) is 18.0. The first kappa shape index (κ1) is 22.1. The molecule has 0 saturated carbocycles. The first-order valence-electron chi connectivity index (χ1n) is 10.6. The second-order valence-electron chi connectivity index (χ2n) is 7.87. The largest absolute Gasteiger partial charge is 0.326 e. The summed E-state index contributed by atoms with van der Waals surface area (Å²) in [5, 5.41) is 2.66. The summed E-state index contributed by atoms with van der Waals surface area (Å²) < 4.78 is 14.6. The highest BCUT2D eigenvalue weighted by Gasteiger charge is 2.35. The predicted molar refractivity (Wildman–Crippen MR) is 128 cm³/mol. The van der Waals surface area contributed by atoms with Crippen molar-refractivity contribution in [2.24, 2.45) is 0 Å². The minimum absolute atomic E-state index is 0.0763. The summed E-state index contributed by atoms with van der Waals surface area (Å²) in [6.45, 7) is 3.86. The van der Waals surface area contributed by atoms with E-state index < -0.39 is 5.82 Å². The third-order valence-corrected chi connectivity index (χ3v) is 6.81. The van der Waals surface area contributed by atoms with Gasteiger partial charge >= 0.3 is 0 Å². The summed E-state index contributed by atoms with van der Waals surface area (Å²) >= 11 is 1.45. The Morgan fingerprint density at radius 1 is 1.12 bits per heavy atom. The van der Waals surface area contributed by atoms with Gasteiger partial charge in [-0.1, -0.05) is 55.5 Å². The lowest BCUT2D eigenvalue weighted by Gasteiger charge is -2.25. The highest BCUT2D eigenvalue weighted by atomic mass is 32.2. The standard InChI is InChI=1S/C26H25FN2O2S/c1-3-21(18-8-5-4-6-9-18)25(31)28-20-11-7-10-19(15-20)26-29(24(30)16-32-26)23-14-17(2)12-13-22(23)27/h4-15,21,26H,3,16H2,1-2H3,(H,28,31). The van der Waals surface area contributed by atoms with Crippen molar-refractivity contribution in [3.05, 3.63) is 95.3 Å². The summed E-state index contributed by atoms with van der Waals surface area (Å²) in [5.41, 5.74) is 3.65. The molecule has 3 aromatic carbocycles. The molecule has 4 nitrogen and oxygen atoms in total. The molecule has 1 fully saturated rings. The van der Waals surface area contributed by atoms with E-state index in [1.54, 1.807) is 12.1 Å². The third-order valence-electron chi connectivity index (χ3n) is 5.60. The van der Waals surface area contributed by atoms with Crippen LogP contribution in [0.5, 0.6) is 0 Å². The maximum Gasteiger partial charge on any atom is 0.238 e. The molecule has 0 radical (unpaired) electrons. The van der Waals surface area contributed by atoms with Gasteiger partial charge in [0.1, 0.15) is 11.2 Å². The van der Waals surface area contributed by atoms with Crippen LogP contribution in [0.3, 0.4) is 0 Å². The first-order valence-corrected chi connectivity index (χ1v) is 11.7. The van der Waals surface area contributed by atoms with Gasteiger partial charge in [0.15, 0.2) is 0 Å². The topological polar surface area (TPSA) is 49.4 Å². The van der Waals surface area contributed by atoms with Crippen molar-refractivity contribution in [3.8, 4) is 0 Å². The molecule has 1 heterocycles. The number of hydrogen-bond donors (Lipinski definition) is 1. The molecule has 1 aliphatic heterocycles. The number of amides is 2. The van der Waals surface area contributed by atoms with Gasteiger partial charge in [-0.05, 0) is 54.3 Å². The van der Waals surface area contributed by atoms with E-state index in [1.807, 2.05) is 68.4 Å². The van der Waals surface area contributed by atoms with Crippen LogP contribution in [-0.4, -0.2) is 17.6 Å². The molecular weight excluding hydrogens is 423 g/mol. The number of nitrogens with zero attached hydrogens (tertiary/aromatic N) is 1. The van der Waals surface area contributed by atoms with Crippen LogP contribution in [0.25, 0.3) is 0 Å². The molecule has 0 aromatic heterocycles. The van der Waals surface area contributed by atoms with E-state index in [9.17, 15) is 14.0 Å². The maximum atomic E-state index is 14.6. The SMILES string of the molecule is CCC(C(=O)Nc1cccc(C2SCC(=O)N2c2cc(C)ccc2F)c1)c1ccccc1. The lowest BCUT2D eigenvalue weighted by molar-refractivity contribution is -0.118. The minimum atomic E-state index is -0.422. The Bertz CT molecular complexity index is 1140. The lowest BCUT2D eigenvalue weighted by Crippen LogP contribution is -2.29. The first-order chi connectivity index (χ1) is 15.5. The molecule has 2 unspecified atom stereocenters. The van der Waals surface area contributed by atoms with Gasteiger partial charge in [-0.25, -0.2) is 4.39 Å². The zero-order valence-corrected chi connectivity index (χ0v) is 18.9. The molecule has 0 aliphatic carbocycles. The highest BCUT2D eigenvalue weighted by molar-refractivity contribution is 8.00. The molecule has 0 bridgehead atoms. The van der Waals surface area contributed by atoms with Crippen LogP contribution in [0.2, 0.25) is 0 Å². The molecule has 0 spiro atoms. The van der Waals surface area contributed by atoms with Crippen molar-refractivity contribution in [1.82, 2.24) is 0 Å². The van der Waals surface area contributed by atoms with Gasteiger partial charge in [0, 0.05) is 5.69 Å². The average Bonchev–Trinajstić information content (AvgIpc) is 3.18. The van der Waals surface area contributed by atoms with Crippen LogP contribution in [0.4, 0.5) is 15.8 Å². The van der Waals surface area contributed by atoms with Crippen LogP contribution in [-0.2, 0) is 9.59 Å². The Hall–Kier alpha value is -3.12. The van der Waals surface area contributed by atoms with Crippen molar-refractivity contribution in [3.63, 3.8) is 0 Å². The number of halogens is 1. The monoisotopic (exact) mass is 448 g/mol. The zero-order chi connectivity index (χ0) is 22.7. The van der Waals surface area contributed by atoms with Crippen molar-refractivity contribution < 1.29 is 14.0 Å². The second kappa shape index (κ2) is 9.57. The van der Waals surface area contributed by atoms with Crippen molar-refractivity contribution in [1.29, 1.82) is 0 Å². The fourth-order valence-corrected chi connectivity index (χ4v) is 5.15. The van der Waals surface area contributed by atoms with Crippen molar-refractivity contribution >= 4 is 35.0 Å². The Labute approximate surface area is 191 Å². The van der Waals surface area contributed by atoms with E-state index in [2.05, 4.69) is 5.32 Å². The summed E-state index contributed by atoms with van der Waals surface area (Å²) in [6.07, 6.45) is 0.683. The maximum absolute atomic E-state index is 14.6. The molecule has 3 aromatic rings. The van der Waals surface area contributed by atoms with Gasteiger partial charge in [0.05, 0.1) is 17.4 Å². The van der Waals surface area contributed by atoms with Crippen LogP contribution < -0.4 is 10.2 Å². The molecule has 164 valence electrons. The van der Waals surface area contributed by atoms with Crippen LogP contribution >= 0.6 is 11.8 Å². The minimum Gasteiger partial charge on any atom is -0.326 e. The summed E-state index contributed by atoms with van der Waals surface area (Å²) in [7, 11) is 0. The van der Waals surface area contributed by atoms with Gasteiger partial charge < -0.3 is 5.32 Å². The van der Waals surface area contributed by atoms with Gasteiger partial charge in [-0.15, -0.1) is 11.8 Å². The quantitative estimate of drug-likeness (QED) is 0.500. The van der Waals surface area contributed by atoms with E-state index in [0.717, 1.165) is 16.7 Å². The van der Waals surface area contributed by atoms with Crippen LogP contribution in [0.1, 0.15) is 41.3 Å². The number of aryl methyl sites for hydroxylation is 1. The number of carbonyl (C=O) groups is 2. The smallest absolute Gasteiger partial charge is 0.238 e. The molecule has 1 saturated heterocycles. The van der Waals surface area contributed by atoms with Crippen LogP contribution in [0, 0.1) is 12.7 Å². The van der Waals surface area contributed by atoms with Gasteiger partial charge in [0.2, 0.25) is 11.8 Å². The number of anilines is 2. The van der Waals surface area contributed by atoms with Gasteiger partial charge in [0.25, 0.3) is 0 Å². The van der Waals surface area contributed by atoms with Gasteiger partial charge in [-0.2, -0.15) is 0 Å². The highest BCUT2D eigenvalue weighted by Crippen LogP contribution is 2.43. The molecule has 32 heavy (non-hydrogen) atoms. The normalized spacial score (nSPS) is 16.8. The molecule has 2 atom stereocenters. The molecule has 2 amide bonds. The predicted octanol–water partition coefficient (Wildman–Crippen LogP) is 6.05. The molecular formula is C26H25FN2O2S.